The minimum atomic E-state index is -3.97. The van der Waals surface area contributed by atoms with Gasteiger partial charge in [-0.15, -0.1) is 11.3 Å². The Labute approximate surface area is 223 Å². The predicted octanol–water partition coefficient (Wildman–Crippen LogP) is 4.19. The molecule has 1 unspecified atom stereocenters. The van der Waals surface area contributed by atoms with E-state index in [1.807, 2.05) is 25.2 Å². The number of carbonyl (C=O) groups is 1. The van der Waals surface area contributed by atoms with E-state index < -0.39 is 10.3 Å². The molecule has 2 heterocycles. The second-order valence-electron chi connectivity index (χ2n) is 8.53. The first-order valence-corrected chi connectivity index (χ1v) is 14.2. The van der Waals surface area contributed by atoms with Gasteiger partial charge in [0, 0.05) is 22.8 Å². The highest BCUT2D eigenvalue weighted by atomic mass is 35.5. The van der Waals surface area contributed by atoms with Gasteiger partial charge in [0.15, 0.2) is 0 Å². The maximum absolute atomic E-state index is 13.5. The number of nitrogens with two attached hydrogens (primary N) is 1. The van der Waals surface area contributed by atoms with Crippen molar-refractivity contribution in [2.75, 3.05) is 19.0 Å². The fraction of sp³-hybridized carbons (Fsp3) is 0.348. The van der Waals surface area contributed by atoms with Gasteiger partial charge in [-0.25, -0.2) is 15.1 Å². The zero-order valence-corrected chi connectivity index (χ0v) is 22.4. The Hall–Kier alpha value is -2.12. The Morgan fingerprint density at radius 1 is 1.31 bits per heavy atom. The number of benzene rings is 1. The quantitative estimate of drug-likeness (QED) is 0.309. The summed E-state index contributed by atoms with van der Waals surface area (Å²) in [5, 5.41) is 12.1. The van der Waals surface area contributed by atoms with E-state index >= 15 is 0 Å². The molecule has 1 aliphatic rings. The molecule has 0 bridgehead atoms. The van der Waals surface area contributed by atoms with Crippen LogP contribution in [0.4, 0.5) is 5.82 Å². The molecule has 0 radical (unpaired) electrons. The molecule has 1 saturated carbocycles. The van der Waals surface area contributed by atoms with Crippen molar-refractivity contribution in [3.05, 3.63) is 73.8 Å². The lowest BCUT2D eigenvalue weighted by molar-refractivity contribution is 0.104. The molecule has 0 amide bonds. The molecule has 4 rings (SSSR count). The number of aromatic nitrogens is 2. The first-order chi connectivity index (χ1) is 17.1. The first-order valence-electron chi connectivity index (χ1n) is 11.1. The third kappa shape index (κ3) is 6.60. The number of thiophene rings is 1. The van der Waals surface area contributed by atoms with Gasteiger partial charge >= 0.3 is 10.3 Å². The Balaban J connectivity index is 1.51. The summed E-state index contributed by atoms with van der Waals surface area (Å²) in [6.07, 6.45) is 5.05. The molecule has 13 heteroatoms. The Morgan fingerprint density at radius 3 is 2.83 bits per heavy atom. The molecule has 192 valence electrons. The normalized spacial score (nSPS) is 18.8. The van der Waals surface area contributed by atoms with Crippen LogP contribution in [0.1, 0.15) is 51.7 Å². The van der Waals surface area contributed by atoms with Crippen molar-refractivity contribution in [1.82, 2.24) is 15.3 Å². The van der Waals surface area contributed by atoms with Gasteiger partial charge in [-0.3, -0.25) is 8.98 Å². The van der Waals surface area contributed by atoms with Crippen molar-refractivity contribution in [3.8, 4) is 0 Å². The SMILES string of the molecule is CNC(c1cccc(Cl)c1)c1cc(C(=O)c2cncnc2N[C@H]2CC[C@@H](COS(N)(=O)=O)C2)sc1Cl. The van der Waals surface area contributed by atoms with Crippen LogP contribution in [-0.4, -0.2) is 43.9 Å². The monoisotopic (exact) mass is 569 g/mol. The summed E-state index contributed by atoms with van der Waals surface area (Å²) < 4.78 is 27.4. The van der Waals surface area contributed by atoms with Crippen molar-refractivity contribution in [1.29, 1.82) is 0 Å². The van der Waals surface area contributed by atoms with E-state index in [0.717, 1.165) is 24.0 Å². The molecule has 0 aliphatic heterocycles. The topological polar surface area (TPSA) is 136 Å². The summed E-state index contributed by atoms with van der Waals surface area (Å²) >= 11 is 13.9. The lowest BCUT2D eigenvalue weighted by Gasteiger charge is -2.16. The summed E-state index contributed by atoms with van der Waals surface area (Å²) in [5.74, 6) is 0.203. The zero-order valence-electron chi connectivity index (χ0n) is 19.3. The highest BCUT2D eigenvalue weighted by molar-refractivity contribution is 7.84. The second-order valence-corrected chi connectivity index (χ2v) is 11.8. The minimum absolute atomic E-state index is 0.000450. The fourth-order valence-electron chi connectivity index (χ4n) is 4.36. The van der Waals surface area contributed by atoms with Crippen LogP contribution in [0.5, 0.6) is 0 Å². The van der Waals surface area contributed by atoms with Crippen LogP contribution in [0.3, 0.4) is 0 Å². The van der Waals surface area contributed by atoms with E-state index in [1.165, 1.54) is 23.9 Å². The van der Waals surface area contributed by atoms with E-state index in [4.69, 9.17) is 32.5 Å². The molecule has 1 aliphatic carbocycles. The molecular weight excluding hydrogens is 545 g/mol. The van der Waals surface area contributed by atoms with E-state index in [0.29, 0.717) is 32.0 Å². The van der Waals surface area contributed by atoms with Gasteiger partial charge < -0.3 is 10.6 Å². The van der Waals surface area contributed by atoms with Gasteiger partial charge in [0.1, 0.15) is 12.1 Å². The number of anilines is 1. The molecule has 0 spiro atoms. The van der Waals surface area contributed by atoms with E-state index in [2.05, 4.69) is 20.6 Å². The summed E-state index contributed by atoms with van der Waals surface area (Å²) in [5.41, 5.74) is 2.03. The van der Waals surface area contributed by atoms with Crippen molar-refractivity contribution < 1.29 is 17.4 Å². The molecule has 2 aromatic heterocycles. The first kappa shape index (κ1) is 26.9. The molecular formula is C23H25Cl2N5O4S2. The average Bonchev–Trinajstić information content (AvgIpc) is 3.44. The van der Waals surface area contributed by atoms with Crippen LogP contribution in [0.2, 0.25) is 9.36 Å². The number of ketones is 1. The van der Waals surface area contributed by atoms with Crippen LogP contribution in [-0.2, 0) is 14.5 Å². The van der Waals surface area contributed by atoms with Crippen LogP contribution in [0.15, 0.2) is 42.9 Å². The summed E-state index contributed by atoms with van der Waals surface area (Å²) in [6, 6.07) is 9.00. The zero-order chi connectivity index (χ0) is 25.9. The third-order valence-corrected chi connectivity index (χ3v) is 8.11. The molecule has 36 heavy (non-hydrogen) atoms. The summed E-state index contributed by atoms with van der Waals surface area (Å²) in [7, 11) is -2.16. The molecule has 0 saturated heterocycles. The highest BCUT2D eigenvalue weighted by Gasteiger charge is 2.28. The molecule has 3 atom stereocenters. The number of nitrogens with zero attached hydrogens (tertiary/aromatic N) is 2. The summed E-state index contributed by atoms with van der Waals surface area (Å²) in [4.78, 5) is 22.3. The van der Waals surface area contributed by atoms with Gasteiger partial charge in [0.2, 0.25) is 5.78 Å². The minimum Gasteiger partial charge on any atom is -0.367 e. The van der Waals surface area contributed by atoms with Crippen LogP contribution >= 0.6 is 34.5 Å². The van der Waals surface area contributed by atoms with E-state index in [1.54, 1.807) is 12.1 Å². The molecule has 9 nitrogen and oxygen atoms in total. The molecule has 1 aromatic carbocycles. The second kappa shape index (κ2) is 11.5. The van der Waals surface area contributed by atoms with Gasteiger partial charge in [-0.1, -0.05) is 35.3 Å². The number of hydrogen-bond donors (Lipinski definition) is 3. The smallest absolute Gasteiger partial charge is 0.333 e. The maximum atomic E-state index is 13.5. The highest BCUT2D eigenvalue weighted by Crippen LogP contribution is 2.37. The van der Waals surface area contributed by atoms with Crippen LogP contribution in [0.25, 0.3) is 0 Å². The third-order valence-electron chi connectivity index (χ3n) is 6.03. The van der Waals surface area contributed by atoms with Gasteiger partial charge in [-0.05, 0) is 56.0 Å². The molecule has 1 fully saturated rings. The number of nitrogens with one attached hydrogen (secondary N) is 2. The Kier molecular flexibility index (Phi) is 8.61. The van der Waals surface area contributed by atoms with Gasteiger partial charge in [-0.2, -0.15) is 8.42 Å². The van der Waals surface area contributed by atoms with Crippen molar-refractivity contribution in [3.63, 3.8) is 0 Å². The number of hydrogen-bond acceptors (Lipinski definition) is 9. The standard InChI is InChI=1S/C23H25Cl2N5O4S2/c1-27-20(14-3-2-4-15(24)8-14)17-9-19(35-22(17)25)21(31)18-10-28-12-29-23(18)30-16-6-5-13(7-16)11-34-36(26,32)33/h2-4,8-10,12-13,16,20,27H,5-7,11H2,1H3,(H2,26,32,33)(H,28,29,30)/t13-,16+,20?/m1/s1. The lowest BCUT2D eigenvalue weighted by atomic mass is 10.0. The Bertz CT molecular complexity index is 1350. The van der Waals surface area contributed by atoms with E-state index in [-0.39, 0.29) is 30.4 Å². The molecule has 3 aromatic rings. The van der Waals surface area contributed by atoms with Crippen molar-refractivity contribution >= 4 is 56.4 Å². The van der Waals surface area contributed by atoms with Crippen LogP contribution < -0.4 is 15.8 Å². The average molecular weight is 571 g/mol. The van der Waals surface area contributed by atoms with Crippen LogP contribution in [0, 0.1) is 5.92 Å². The predicted molar refractivity (Wildman–Crippen MR) is 141 cm³/mol. The van der Waals surface area contributed by atoms with E-state index in [9.17, 15) is 13.2 Å². The van der Waals surface area contributed by atoms with Gasteiger partial charge in [0.25, 0.3) is 0 Å². The lowest BCUT2D eigenvalue weighted by Crippen LogP contribution is -2.22. The summed E-state index contributed by atoms with van der Waals surface area (Å²) in [6.45, 7) is 0.0301. The largest absolute Gasteiger partial charge is 0.367 e. The van der Waals surface area contributed by atoms with Crippen molar-refractivity contribution in [2.45, 2.75) is 31.3 Å². The fourth-order valence-corrected chi connectivity index (χ4v) is 6.23. The maximum Gasteiger partial charge on any atom is 0.333 e. The number of rotatable bonds is 10. The Morgan fingerprint density at radius 2 is 2.11 bits per heavy atom. The number of halogens is 2. The number of carbonyl (C=O) groups excluding carboxylic acids is 1. The van der Waals surface area contributed by atoms with Crippen molar-refractivity contribution in [2.24, 2.45) is 11.1 Å². The molecule has 4 N–H and O–H groups in total. The van der Waals surface area contributed by atoms with Gasteiger partial charge in [0.05, 0.1) is 27.4 Å².